The molecule has 4 nitrogen and oxygen atoms in total. The van der Waals surface area contributed by atoms with E-state index in [1.165, 1.54) is 0 Å². The van der Waals surface area contributed by atoms with Crippen molar-refractivity contribution in [3.8, 4) is 11.5 Å². The summed E-state index contributed by atoms with van der Waals surface area (Å²) in [6.45, 7) is 12.9. The summed E-state index contributed by atoms with van der Waals surface area (Å²) in [5, 5.41) is 3.62. The maximum absolute atomic E-state index is 5.81. The minimum Gasteiger partial charge on any atom is -0.494 e. The lowest BCUT2D eigenvalue weighted by Gasteiger charge is -2.42. The van der Waals surface area contributed by atoms with E-state index in [9.17, 15) is 0 Å². The Hall–Kier alpha value is -1.42. The van der Waals surface area contributed by atoms with E-state index in [-0.39, 0.29) is 5.54 Å². The molecule has 0 spiro atoms. The van der Waals surface area contributed by atoms with Gasteiger partial charge >= 0.3 is 0 Å². The minimum absolute atomic E-state index is 0.156. The van der Waals surface area contributed by atoms with Crippen molar-refractivity contribution in [1.29, 1.82) is 0 Å². The lowest BCUT2D eigenvalue weighted by atomic mass is 9.95. The molecule has 21 heavy (non-hydrogen) atoms. The first kappa shape index (κ1) is 16.0. The minimum atomic E-state index is 0.156. The third-order valence-corrected chi connectivity index (χ3v) is 4.14. The van der Waals surface area contributed by atoms with E-state index in [2.05, 4.69) is 30.1 Å². The highest BCUT2D eigenvalue weighted by Gasteiger charge is 2.30. The van der Waals surface area contributed by atoms with Gasteiger partial charge in [-0.3, -0.25) is 0 Å². The van der Waals surface area contributed by atoms with Crippen LogP contribution in [0.2, 0.25) is 0 Å². The second-order valence-corrected chi connectivity index (χ2v) is 5.76. The first-order chi connectivity index (χ1) is 10.1. The van der Waals surface area contributed by atoms with Crippen LogP contribution in [0.1, 0.15) is 34.1 Å². The predicted octanol–water partition coefficient (Wildman–Crippen LogP) is 3.06. The fraction of sp³-hybridized carbons (Fsp3) is 0.647. The van der Waals surface area contributed by atoms with E-state index in [1.807, 2.05) is 26.0 Å². The molecular formula is C17H28N2O2. The standard InChI is InChI=1S/C17H28N2O2/c1-5-17(4)13-19(11-10-18-17)15-12-14(20-6-2)8-9-16(15)21-7-3/h8-9,12,18H,5-7,10-11,13H2,1-4H3. The van der Waals surface area contributed by atoms with Gasteiger partial charge in [-0.2, -0.15) is 0 Å². The summed E-state index contributed by atoms with van der Waals surface area (Å²) in [5.74, 6) is 1.86. The highest BCUT2D eigenvalue weighted by Crippen LogP contribution is 2.34. The summed E-state index contributed by atoms with van der Waals surface area (Å²) in [7, 11) is 0. The number of anilines is 1. The Morgan fingerprint density at radius 3 is 2.62 bits per heavy atom. The fourth-order valence-corrected chi connectivity index (χ4v) is 2.77. The molecule has 0 saturated carbocycles. The summed E-state index contributed by atoms with van der Waals surface area (Å²) < 4.78 is 11.5. The molecule has 4 heteroatoms. The average Bonchev–Trinajstić information content (AvgIpc) is 2.49. The summed E-state index contributed by atoms with van der Waals surface area (Å²) in [4.78, 5) is 2.41. The first-order valence-electron chi connectivity index (χ1n) is 8.01. The van der Waals surface area contributed by atoms with E-state index in [0.717, 1.165) is 43.2 Å². The van der Waals surface area contributed by atoms with Gasteiger partial charge in [0.2, 0.25) is 0 Å². The quantitative estimate of drug-likeness (QED) is 0.873. The van der Waals surface area contributed by atoms with Crippen molar-refractivity contribution in [2.45, 2.75) is 39.7 Å². The molecule has 1 aliphatic rings. The Morgan fingerprint density at radius 2 is 1.95 bits per heavy atom. The second-order valence-electron chi connectivity index (χ2n) is 5.76. The van der Waals surface area contributed by atoms with Crippen molar-refractivity contribution >= 4 is 5.69 Å². The normalized spacial score (nSPS) is 22.2. The molecule has 1 saturated heterocycles. The Morgan fingerprint density at radius 1 is 1.19 bits per heavy atom. The molecule has 118 valence electrons. The van der Waals surface area contributed by atoms with Crippen LogP contribution in [0, 0.1) is 0 Å². The number of piperazine rings is 1. The molecular weight excluding hydrogens is 264 g/mol. The van der Waals surface area contributed by atoms with Gasteiger partial charge in [0, 0.05) is 31.2 Å². The van der Waals surface area contributed by atoms with E-state index in [0.29, 0.717) is 13.2 Å². The Balaban J connectivity index is 2.28. The number of hydrogen-bond acceptors (Lipinski definition) is 4. The Labute approximate surface area is 128 Å². The molecule has 0 aromatic heterocycles. The van der Waals surface area contributed by atoms with Crippen LogP contribution in [0.15, 0.2) is 18.2 Å². The lowest BCUT2D eigenvalue weighted by Crippen LogP contribution is -2.58. The first-order valence-corrected chi connectivity index (χ1v) is 8.01. The second kappa shape index (κ2) is 7.03. The third kappa shape index (κ3) is 3.82. The lowest BCUT2D eigenvalue weighted by molar-refractivity contribution is 0.305. The molecule has 1 atom stereocenters. The fourth-order valence-electron chi connectivity index (χ4n) is 2.77. The third-order valence-electron chi connectivity index (χ3n) is 4.14. The largest absolute Gasteiger partial charge is 0.494 e. The molecule has 0 bridgehead atoms. The number of ether oxygens (including phenoxy) is 2. The van der Waals surface area contributed by atoms with Crippen LogP contribution < -0.4 is 19.7 Å². The average molecular weight is 292 g/mol. The van der Waals surface area contributed by atoms with Gasteiger partial charge in [0.1, 0.15) is 11.5 Å². The maximum Gasteiger partial charge on any atom is 0.142 e. The Bertz CT molecular complexity index is 464. The van der Waals surface area contributed by atoms with Gasteiger partial charge in [-0.15, -0.1) is 0 Å². The van der Waals surface area contributed by atoms with Crippen molar-refractivity contribution in [3.63, 3.8) is 0 Å². The van der Waals surface area contributed by atoms with Crippen molar-refractivity contribution in [1.82, 2.24) is 5.32 Å². The highest BCUT2D eigenvalue weighted by molar-refractivity contribution is 5.62. The van der Waals surface area contributed by atoms with E-state index < -0.39 is 0 Å². The molecule has 1 aliphatic heterocycles. The molecule has 2 rings (SSSR count). The van der Waals surface area contributed by atoms with Gasteiger partial charge in [-0.05, 0) is 39.3 Å². The van der Waals surface area contributed by atoms with E-state index in [4.69, 9.17) is 9.47 Å². The molecule has 1 fully saturated rings. The van der Waals surface area contributed by atoms with Crippen molar-refractivity contribution in [2.24, 2.45) is 0 Å². The SMILES string of the molecule is CCOc1ccc(OCC)c(N2CCNC(C)(CC)C2)c1. The highest BCUT2D eigenvalue weighted by atomic mass is 16.5. The zero-order valence-electron chi connectivity index (χ0n) is 13.7. The van der Waals surface area contributed by atoms with Crippen molar-refractivity contribution < 1.29 is 9.47 Å². The molecule has 0 amide bonds. The van der Waals surface area contributed by atoms with Crippen LogP contribution >= 0.6 is 0 Å². The van der Waals surface area contributed by atoms with Crippen molar-refractivity contribution in [3.05, 3.63) is 18.2 Å². The predicted molar refractivity (Wildman–Crippen MR) is 87.7 cm³/mol. The zero-order valence-corrected chi connectivity index (χ0v) is 13.7. The van der Waals surface area contributed by atoms with Gasteiger partial charge in [0.05, 0.1) is 18.9 Å². The van der Waals surface area contributed by atoms with Crippen LogP contribution in [-0.2, 0) is 0 Å². The van der Waals surface area contributed by atoms with E-state index >= 15 is 0 Å². The molecule has 1 unspecified atom stereocenters. The maximum atomic E-state index is 5.81. The van der Waals surface area contributed by atoms with Crippen LogP contribution in [0.4, 0.5) is 5.69 Å². The number of nitrogens with one attached hydrogen (secondary N) is 1. The van der Waals surface area contributed by atoms with Gasteiger partial charge in [-0.25, -0.2) is 0 Å². The monoisotopic (exact) mass is 292 g/mol. The van der Waals surface area contributed by atoms with E-state index in [1.54, 1.807) is 0 Å². The van der Waals surface area contributed by atoms with Crippen molar-refractivity contribution in [2.75, 3.05) is 37.7 Å². The van der Waals surface area contributed by atoms with Crippen LogP contribution in [0.3, 0.4) is 0 Å². The number of nitrogens with zero attached hydrogens (tertiary/aromatic N) is 1. The number of rotatable bonds is 6. The van der Waals surface area contributed by atoms with Crippen LogP contribution in [0.25, 0.3) is 0 Å². The van der Waals surface area contributed by atoms with Crippen LogP contribution in [-0.4, -0.2) is 38.4 Å². The number of hydrogen-bond donors (Lipinski definition) is 1. The molecule has 0 aliphatic carbocycles. The smallest absolute Gasteiger partial charge is 0.142 e. The molecule has 1 N–H and O–H groups in total. The van der Waals surface area contributed by atoms with Gasteiger partial charge in [0.15, 0.2) is 0 Å². The number of benzene rings is 1. The molecule has 0 radical (unpaired) electrons. The Kier molecular flexibility index (Phi) is 5.34. The summed E-state index contributed by atoms with van der Waals surface area (Å²) in [6.07, 6.45) is 1.11. The zero-order chi connectivity index (χ0) is 15.3. The summed E-state index contributed by atoms with van der Waals surface area (Å²) in [5.41, 5.74) is 1.30. The van der Waals surface area contributed by atoms with Gasteiger partial charge < -0.3 is 19.7 Å². The topological polar surface area (TPSA) is 33.7 Å². The molecule has 1 aromatic carbocycles. The summed E-state index contributed by atoms with van der Waals surface area (Å²) in [6, 6.07) is 6.12. The summed E-state index contributed by atoms with van der Waals surface area (Å²) >= 11 is 0. The molecule has 1 aromatic rings. The molecule has 1 heterocycles. The van der Waals surface area contributed by atoms with Gasteiger partial charge in [-0.1, -0.05) is 6.92 Å². The van der Waals surface area contributed by atoms with Crippen LogP contribution in [0.5, 0.6) is 11.5 Å². The van der Waals surface area contributed by atoms with Gasteiger partial charge in [0.25, 0.3) is 0 Å².